The molecule has 1 N–H and O–H groups in total. The lowest BCUT2D eigenvalue weighted by atomic mass is 9.85. The molecular weight excluding hydrogens is 369 g/mol. The van der Waals surface area contributed by atoms with Crippen molar-refractivity contribution in [2.45, 2.75) is 103 Å². The average Bonchev–Trinajstić information content (AvgIpc) is 2.83. The fourth-order valence-electron chi connectivity index (χ4n) is 3.95. The highest BCUT2D eigenvalue weighted by Gasteiger charge is 2.62. The van der Waals surface area contributed by atoms with Crippen LogP contribution in [0.2, 0.25) is 0 Å². The summed E-state index contributed by atoms with van der Waals surface area (Å²) in [5, 5.41) is 10.5. The molecule has 0 radical (unpaired) electrons. The quantitative estimate of drug-likeness (QED) is 0.594. The Balaban J connectivity index is 2.51. The van der Waals surface area contributed by atoms with Gasteiger partial charge in [-0.2, -0.15) is 0 Å². The predicted octanol–water partition coefficient (Wildman–Crippen LogP) is 6.29. The molecule has 1 aromatic rings. The van der Waals surface area contributed by atoms with Crippen molar-refractivity contribution < 1.29 is 14.2 Å². The third kappa shape index (κ3) is 4.12. The summed E-state index contributed by atoms with van der Waals surface area (Å²) in [4.78, 5) is 0. The smallest absolute Gasteiger partial charge is 0.282 e. The average molecular weight is 410 g/mol. The third-order valence-electron chi connectivity index (χ3n) is 6.04. The minimum Gasteiger partial charge on any atom is -0.387 e. The van der Waals surface area contributed by atoms with Gasteiger partial charge in [-0.15, -0.1) is 0 Å². The molecule has 1 heterocycles. The van der Waals surface area contributed by atoms with Gasteiger partial charge in [-0.05, 0) is 64.5 Å². The maximum atomic E-state index is 14.4. The number of rotatable bonds is 4. The highest BCUT2D eigenvalue weighted by Crippen LogP contribution is 2.73. The Morgan fingerprint density at radius 1 is 1.11 bits per heavy atom. The van der Waals surface area contributed by atoms with E-state index in [1.807, 2.05) is 44.5 Å². The van der Waals surface area contributed by atoms with Gasteiger partial charge in [0, 0.05) is 12.1 Å². The van der Waals surface area contributed by atoms with Crippen molar-refractivity contribution in [2.75, 3.05) is 6.54 Å². The van der Waals surface area contributed by atoms with Crippen LogP contribution in [0.5, 0.6) is 0 Å². The maximum Gasteiger partial charge on any atom is 0.282 e. The second-order valence-corrected chi connectivity index (χ2v) is 13.8. The molecule has 1 fully saturated rings. The fraction of sp³-hybridized carbons (Fsp3) is 0.739. The number of nitrogens with zero attached hydrogens (tertiary/aromatic N) is 1. The van der Waals surface area contributed by atoms with E-state index < -0.39 is 24.4 Å². The van der Waals surface area contributed by atoms with E-state index in [0.717, 1.165) is 5.56 Å². The van der Waals surface area contributed by atoms with Gasteiger partial charge in [0.15, 0.2) is 0 Å². The summed E-state index contributed by atoms with van der Waals surface area (Å²) >= 11 is 0. The summed E-state index contributed by atoms with van der Waals surface area (Å²) in [5.74, 6) is 0. The van der Waals surface area contributed by atoms with Crippen molar-refractivity contribution in [1.29, 1.82) is 0 Å². The lowest BCUT2D eigenvalue weighted by Crippen LogP contribution is -2.45. The molecule has 0 saturated carbocycles. The SMILES string of the molecule is CC[C@@](C)([C@@H](O)c1ccc(C(C)(C)C)cc1)[P@@]1(=O)OC(C)(C)CN1C(C)(C)C. The zero-order valence-corrected chi connectivity index (χ0v) is 20.4. The molecule has 1 saturated heterocycles. The Hall–Kier alpha value is -0.670. The van der Waals surface area contributed by atoms with Gasteiger partial charge < -0.3 is 9.63 Å². The van der Waals surface area contributed by atoms with Gasteiger partial charge in [-0.1, -0.05) is 52.0 Å². The molecule has 5 heteroatoms. The minimum absolute atomic E-state index is 0.0475. The molecule has 160 valence electrons. The van der Waals surface area contributed by atoms with Crippen molar-refractivity contribution in [3.8, 4) is 0 Å². The first-order valence-corrected chi connectivity index (χ1v) is 11.9. The Kier molecular flexibility index (Phi) is 6.10. The highest BCUT2D eigenvalue weighted by molar-refractivity contribution is 7.58. The summed E-state index contributed by atoms with van der Waals surface area (Å²) in [7, 11) is -3.33. The minimum atomic E-state index is -3.33. The third-order valence-corrected chi connectivity index (χ3v) is 10.0. The number of aliphatic hydroxyl groups is 1. The van der Waals surface area contributed by atoms with E-state index in [1.54, 1.807) is 0 Å². The van der Waals surface area contributed by atoms with Crippen LogP contribution in [0, 0.1) is 0 Å². The van der Waals surface area contributed by atoms with E-state index in [1.165, 1.54) is 5.56 Å². The maximum absolute atomic E-state index is 14.4. The molecular formula is C23H40NO3P. The van der Waals surface area contributed by atoms with Crippen LogP contribution < -0.4 is 0 Å². The zero-order chi connectivity index (χ0) is 21.8. The molecule has 1 aromatic carbocycles. The van der Waals surface area contributed by atoms with Gasteiger partial charge in [0.1, 0.15) is 0 Å². The molecule has 2 rings (SSSR count). The van der Waals surface area contributed by atoms with Crippen molar-refractivity contribution in [3.05, 3.63) is 35.4 Å². The molecule has 3 atom stereocenters. The van der Waals surface area contributed by atoms with Gasteiger partial charge >= 0.3 is 0 Å². The molecule has 4 nitrogen and oxygen atoms in total. The highest BCUT2D eigenvalue weighted by atomic mass is 31.2. The number of hydrogen-bond acceptors (Lipinski definition) is 3. The van der Waals surface area contributed by atoms with Crippen LogP contribution >= 0.6 is 7.52 Å². The predicted molar refractivity (Wildman–Crippen MR) is 118 cm³/mol. The lowest BCUT2D eigenvalue weighted by molar-refractivity contribution is 0.100. The molecule has 0 amide bonds. The summed E-state index contributed by atoms with van der Waals surface area (Å²) in [5.41, 5.74) is 1.20. The van der Waals surface area contributed by atoms with E-state index in [2.05, 4.69) is 53.7 Å². The normalized spacial score (nSPS) is 26.8. The second kappa shape index (κ2) is 7.23. The monoisotopic (exact) mass is 409 g/mol. The summed E-state index contributed by atoms with van der Waals surface area (Å²) in [6.07, 6.45) is -0.328. The number of hydrogen-bond donors (Lipinski definition) is 1. The standard InChI is InChI=1S/C23H40NO3P/c1-11-23(10,19(25)17-12-14-18(15-13-17)20(2,3)4)28(26)24(21(5,6)7)16-22(8,9)27-28/h12-15,19,25H,11,16H2,1-10H3/t19-,23-,28+/m0/s1. The lowest BCUT2D eigenvalue weighted by Gasteiger charge is -2.45. The molecule has 0 spiro atoms. The Morgan fingerprint density at radius 2 is 1.61 bits per heavy atom. The van der Waals surface area contributed by atoms with Crippen molar-refractivity contribution in [3.63, 3.8) is 0 Å². The fourth-order valence-corrected chi connectivity index (χ4v) is 7.71. The van der Waals surface area contributed by atoms with Gasteiger partial charge in [0.25, 0.3) is 7.52 Å². The Labute approximate surface area is 172 Å². The molecule has 0 unspecified atom stereocenters. The molecule has 1 aliphatic heterocycles. The summed E-state index contributed by atoms with van der Waals surface area (Å²) in [6.45, 7) is 21.1. The van der Waals surface area contributed by atoms with Crippen LogP contribution in [0.15, 0.2) is 24.3 Å². The van der Waals surface area contributed by atoms with E-state index in [-0.39, 0.29) is 11.0 Å². The zero-order valence-electron chi connectivity index (χ0n) is 19.5. The van der Waals surface area contributed by atoms with Crippen LogP contribution in [0.4, 0.5) is 0 Å². The number of benzene rings is 1. The molecule has 0 aromatic heterocycles. The van der Waals surface area contributed by atoms with Crippen molar-refractivity contribution >= 4 is 7.52 Å². The van der Waals surface area contributed by atoms with Crippen molar-refractivity contribution in [1.82, 2.24) is 4.67 Å². The van der Waals surface area contributed by atoms with Crippen molar-refractivity contribution in [2.24, 2.45) is 0 Å². The largest absolute Gasteiger partial charge is 0.387 e. The number of aliphatic hydroxyl groups excluding tert-OH is 1. The second-order valence-electron chi connectivity index (χ2n) is 11.1. The van der Waals surface area contributed by atoms with E-state index >= 15 is 0 Å². The molecule has 0 aliphatic carbocycles. The molecule has 1 aliphatic rings. The van der Waals surface area contributed by atoms with E-state index in [9.17, 15) is 9.67 Å². The van der Waals surface area contributed by atoms with Gasteiger partial charge in [-0.25, -0.2) is 4.67 Å². The Morgan fingerprint density at radius 3 is 2.00 bits per heavy atom. The first-order chi connectivity index (χ1) is 12.5. The van der Waals surface area contributed by atoms with Crippen LogP contribution in [0.1, 0.15) is 92.9 Å². The summed E-state index contributed by atoms with van der Waals surface area (Å²) < 4.78 is 22.7. The van der Waals surface area contributed by atoms with Crippen LogP contribution in [-0.2, 0) is 14.5 Å². The van der Waals surface area contributed by atoms with Gasteiger partial charge in [-0.3, -0.25) is 4.57 Å². The van der Waals surface area contributed by atoms with E-state index in [0.29, 0.717) is 13.0 Å². The first-order valence-electron chi connectivity index (χ1n) is 10.4. The Bertz CT molecular complexity index is 743. The summed E-state index contributed by atoms with van der Waals surface area (Å²) in [6, 6.07) is 8.05. The topological polar surface area (TPSA) is 49.8 Å². The van der Waals surface area contributed by atoms with Gasteiger partial charge in [0.05, 0.1) is 16.9 Å². The van der Waals surface area contributed by atoms with E-state index in [4.69, 9.17) is 4.52 Å². The molecule has 0 bridgehead atoms. The van der Waals surface area contributed by atoms with Gasteiger partial charge in [0.2, 0.25) is 0 Å². The first kappa shape index (κ1) is 23.6. The van der Waals surface area contributed by atoms with Crippen LogP contribution in [-0.4, -0.2) is 32.6 Å². The van der Waals surface area contributed by atoms with Crippen LogP contribution in [0.25, 0.3) is 0 Å². The van der Waals surface area contributed by atoms with Crippen LogP contribution in [0.3, 0.4) is 0 Å². The molecule has 28 heavy (non-hydrogen) atoms.